The number of anilines is 1. The van der Waals surface area contributed by atoms with Gasteiger partial charge in [-0.2, -0.15) is 0 Å². The zero-order valence-electron chi connectivity index (χ0n) is 10.6. The topological polar surface area (TPSA) is 29.1 Å². The molecule has 2 aromatic carbocycles. The van der Waals surface area contributed by atoms with Crippen molar-refractivity contribution in [1.82, 2.24) is 0 Å². The van der Waals surface area contributed by atoms with Crippen molar-refractivity contribution in [2.45, 2.75) is 12.3 Å². The molecule has 0 bridgehead atoms. The molecule has 0 radical (unpaired) electrons. The summed E-state index contributed by atoms with van der Waals surface area (Å²) in [6, 6.07) is 14.2. The maximum absolute atomic E-state index is 13.0. The number of rotatable bonds is 3. The second kappa shape index (κ2) is 5.25. The van der Waals surface area contributed by atoms with E-state index in [0.29, 0.717) is 5.69 Å². The van der Waals surface area contributed by atoms with Crippen LogP contribution in [0.2, 0.25) is 5.02 Å². The highest BCUT2D eigenvalue weighted by atomic mass is 35.5. The number of carbonyl (C=O) groups excluding carboxylic acids is 1. The number of halogens is 2. The molecule has 3 rings (SSSR count). The highest BCUT2D eigenvalue weighted by Gasteiger charge is 2.43. The smallest absolute Gasteiger partial charge is 0.228 e. The highest BCUT2D eigenvalue weighted by molar-refractivity contribution is 6.31. The Hall–Kier alpha value is -1.87. The van der Waals surface area contributed by atoms with Crippen LogP contribution in [0.15, 0.2) is 48.5 Å². The fraction of sp³-hybridized carbons (Fsp3) is 0.188. The van der Waals surface area contributed by atoms with Gasteiger partial charge in [-0.3, -0.25) is 4.79 Å². The van der Waals surface area contributed by atoms with Gasteiger partial charge in [-0.15, -0.1) is 0 Å². The third-order valence-corrected chi connectivity index (χ3v) is 3.83. The third-order valence-electron chi connectivity index (χ3n) is 3.54. The van der Waals surface area contributed by atoms with Crippen molar-refractivity contribution in [2.75, 3.05) is 5.32 Å². The van der Waals surface area contributed by atoms with Crippen molar-refractivity contribution in [2.24, 2.45) is 5.92 Å². The van der Waals surface area contributed by atoms with Crippen LogP contribution in [0.4, 0.5) is 10.1 Å². The van der Waals surface area contributed by atoms with Gasteiger partial charge in [-0.25, -0.2) is 4.39 Å². The molecule has 4 heteroatoms. The summed E-state index contributed by atoms with van der Waals surface area (Å²) in [6.07, 6.45) is 0.852. The van der Waals surface area contributed by atoms with Crippen molar-refractivity contribution in [3.63, 3.8) is 0 Å². The van der Waals surface area contributed by atoms with Gasteiger partial charge in [-0.05, 0) is 36.1 Å². The van der Waals surface area contributed by atoms with Crippen LogP contribution >= 0.6 is 11.6 Å². The van der Waals surface area contributed by atoms with E-state index < -0.39 is 5.82 Å². The number of hydrogen-bond acceptors (Lipinski definition) is 1. The van der Waals surface area contributed by atoms with Gasteiger partial charge >= 0.3 is 0 Å². The fourth-order valence-electron chi connectivity index (χ4n) is 2.36. The van der Waals surface area contributed by atoms with E-state index in [9.17, 15) is 9.18 Å². The number of amides is 1. The van der Waals surface area contributed by atoms with Crippen molar-refractivity contribution < 1.29 is 9.18 Å². The van der Waals surface area contributed by atoms with Gasteiger partial charge in [0.15, 0.2) is 0 Å². The molecule has 102 valence electrons. The van der Waals surface area contributed by atoms with E-state index in [-0.39, 0.29) is 22.8 Å². The van der Waals surface area contributed by atoms with Crippen LogP contribution in [0.3, 0.4) is 0 Å². The van der Waals surface area contributed by atoms with Gasteiger partial charge in [0.25, 0.3) is 0 Å². The molecule has 1 amide bonds. The molecule has 1 N–H and O–H groups in total. The molecule has 2 atom stereocenters. The number of hydrogen-bond donors (Lipinski definition) is 1. The lowest BCUT2D eigenvalue weighted by molar-refractivity contribution is -0.117. The second-order valence-electron chi connectivity index (χ2n) is 4.98. The van der Waals surface area contributed by atoms with Gasteiger partial charge in [0.05, 0.1) is 5.02 Å². The molecule has 1 aliphatic carbocycles. The summed E-state index contributed by atoms with van der Waals surface area (Å²) in [4.78, 5) is 12.1. The lowest BCUT2D eigenvalue weighted by atomic mass is 10.1. The van der Waals surface area contributed by atoms with Crippen LogP contribution < -0.4 is 5.32 Å². The SMILES string of the molecule is O=C(Nc1ccc(F)c(Cl)c1)[C@@H]1C[C@@H]1c1ccccc1. The molecule has 20 heavy (non-hydrogen) atoms. The molecule has 2 nitrogen and oxygen atoms in total. The average molecular weight is 290 g/mol. The second-order valence-corrected chi connectivity index (χ2v) is 5.38. The van der Waals surface area contributed by atoms with Gasteiger partial charge in [0.2, 0.25) is 5.91 Å². The molecule has 2 aromatic rings. The minimum Gasteiger partial charge on any atom is -0.326 e. The summed E-state index contributed by atoms with van der Waals surface area (Å²) >= 11 is 5.69. The van der Waals surface area contributed by atoms with Gasteiger partial charge in [0, 0.05) is 11.6 Å². The van der Waals surface area contributed by atoms with Crippen LogP contribution in [0.1, 0.15) is 17.9 Å². The monoisotopic (exact) mass is 289 g/mol. The van der Waals surface area contributed by atoms with Crippen LogP contribution in [-0.2, 0) is 4.79 Å². The molecule has 0 aromatic heterocycles. The lowest BCUT2D eigenvalue weighted by Gasteiger charge is -2.06. The molecule has 0 spiro atoms. The first-order valence-electron chi connectivity index (χ1n) is 6.46. The molecule has 0 saturated heterocycles. The Labute approximate surface area is 121 Å². The maximum Gasteiger partial charge on any atom is 0.228 e. The summed E-state index contributed by atoms with van der Waals surface area (Å²) in [6.45, 7) is 0. The first-order chi connectivity index (χ1) is 9.65. The molecule has 1 aliphatic rings. The summed E-state index contributed by atoms with van der Waals surface area (Å²) in [5.74, 6) is -0.256. The first kappa shape index (κ1) is 13.1. The Morgan fingerprint density at radius 2 is 1.95 bits per heavy atom. The number of carbonyl (C=O) groups is 1. The Balaban J connectivity index is 1.65. The van der Waals surface area contributed by atoms with E-state index in [0.717, 1.165) is 6.42 Å². The van der Waals surface area contributed by atoms with Crippen molar-refractivity contribution in [3.05, 3.63) is 64.9 Å². The summed E-state index contributed by atoms with van der Waals surface area (Å²) < 4.78 is 13.0. The Morgan fingerprint density at radius 1 is 1.20 bits per heavy atom. The van der Waals surface area contributed by atoms with Crippen LogP contribution in [0.25, 0.3) is 0 Å². The van der Waals surface area contributed by atoms with E-state index >= 15 is 0 Å². The summed E-state index contributed by atoms with van der Waals surface area (Å²) in [5, 5.41) is 2.79. The number of benzene rings is 2. The molecular formula is C16H13ClFNO. The quantitative estimate of drug-likeness (QED) is 0.900. The average Bonchev–Trinajstić information content (AvgIpc) is 3.24. The predicted molar refractivity (Wildman–Crippen MR) is 77.3 cm³/mol. The van der Waals surface area contributed by atoms with Gasteiger partial charge in [0.1, 0.15) is 5.82 Å². The van der Waals surface area contributed by atoms with Gasteiger partial charge < -0.3 is 5.32 Å². The minimum atomic E-state index is -0.488. The van der Waals surface area contributed by atoms with Crippen LogP contribution in [0, 0.1) is 11.7 Å². The molecule has 0 unspecified atom stereocenters. The normalized spacial score (nSPS) is 20.5. The summed E-state index contributed by atoms with van der Waals surface area (Å²) in [7, 11) is 0. The maximum atomic E-state index is 13.0. The Bertz CT molecular complexity index is 644. The predicted octanol–water partition coefficient (Wildman–Crippen LogP) is 4.22. The Morgan fingerprint density at radius 3 is 2.65 bits per heavy atom. The van der Waals surface area contributed by atoms with Crippen molar-refractivity contribution >= 4 is 23.2 Å². The van der Waals surface area contributed by atoms with E-state index in [1.54, 1.807) is 0 Å². The third kappa shape index (κ3) is 2.68. The van der Waals surface area contributed by atoms with Gasteiger partial charge in [-0.1, -0.05) is 41.9 Å². The Kier molecular flexibility index (Phi) is 3.45. The molecule has 1 saturated carbocycles. The largest absolute Gasteiger partial charge is 0.326 e. The van der Waals surface area contributed by atoms with Crippen molar-refractivity contribution in [3.8, 4) is 0 Å². The fourth-order valence-corrected chi connectivity index (χ4v) is 2.54. The molecule has 0 aliphatic heterocycles. The van der Waals surface area contributed by atoms with Crippen LogP contribution in [0.5, 0.6) is 0 Å². The zero-order chi connectivity index (χ0) is 14.1. The highest BCUT2D eigenvalue weighted by Crippen LogP contribution is 2.47. The molecule has 1 fully saturated rings. The van der Waals surface area contributed by atoms with E-state index in [2.05, 4.69) is 5.32 Å². The number of nitrogens with one attached hydrogen (secondary N) is 1. The minimum absolute atomic E-state index is 0.0122. The summed E-state index contributed by atoms with van der Waals surface area (Å²) in [5.41, 5.74) is 1.71. The lowest BCUT2D eigenvalue weighted by Crippen LogP contribution is -2.14. The van der Waals surface area contributed by atoms with E-state index in [1.807, 2.05) is 30.3 Å². The zero-order valence-corrected chi connectivity index (χ0v) is 11.4. The van der Waals surface area contributed by atoms with Crippen LogP contribution in [-0.4, -0.2) is 5.91 Å². The molecule has 0 heterocycles. The first-order valence-corrected chi connectivity index (χ1v) is 6.84. The van der Waals surface area contributed by atoms with E-state index in [1.165, 1.54) is 23.8 Å². The standard InChI is InChI=1S/C16H13ClFNO/c17-14-8-11(6-7-15(14)18)19-16(20)13-9-12(13)10-4-2-1-3-5-10/h1-8,12-13H,9H2,(H,19,20)/t12-,13-/m1/s1. The van der Waals surface area contributed by atoms with Crippen molar-refractivity contribution in [1.29, 1.82) is 0 Å². The molecular weight excluding hydrogens is 277 g/mol. The van der Waals surface area contributed by atoms with E-state index in [4.69, 9.17) is 11.6 Å².